The summed E-state index contributed by atoms with van der Waals surface area (Å²) in [7, 11) is 0. The fourth-order valence-corrected chi connectivity index (χ4v) is 2.06. The summed E-state index contributed by atoms with van der Waals surface area (Å²) in [5.41, 5.74) is 0. The molecule has 0 amide bonds. The van der Waals surface area contributed by atoms with E-state index in [9.17, 15) is 0 Å². The Hall–Kier alpha value is -0.0800. The van der Waals surface area contributed by atoms with Crippen molar-refractivity contribution in [3.8, 4) is 0 Å². The SMILES string of the molecule is CC[C@@H](CO)NCC1CCCCC1. The van der Waals surface area contributed by atoms with Crippen LogP contribution >= 0.6 is 0 Å². The molecule has 2 N–H and O–H groups in total. The molecule has 0 bridgehead atoms. The summed E-state index contributed by atoms with van der Waals surface area (Å²) < 4.78 is 0. The Bertz CT molecular complexity index is 117. The van der Waals surface area contributed by atoms with Crippen LogP contribution in [0.4, 0.5) is 0 Å². The van der Waals surface area contributed by atoms with E-state index in [0.717, 1.165) is 18.9 Å². The summed E-state index contributed by atoms with van der Waals surface area (Å²) in [4.78, 5) is 0. The molecule has 1 atom stereocenters. The number of hydrogen-bond acceptors (Lipinski definition) is 2. The van der Waals surface area contributed by atoms with E-state index in [1.54, 1.807) is 0 Å². The number of nitrogens with one attached hydrogen (secondary N) is 1. The van der Waals surface area contributed by atoms with Crippen LogP contribution in [-0.4, -0.2) is 24.3 Å². The quantitative estimate of drug-likeness (QED) is 0.686. The van der Waals surface area contributed by atoms with Crippen LogP contribution in [0.15, 0.2) is 0 Å². The molecule has 0 aromatic carbocycles. The second kappa shape index (κ2) is 6.39. The minimum absolute atomic E-state index is 0.281. The third-order valence-corrected chi connectivity index (χ3v) is 3.13. The van der Waals surface area contributed by atoms with Gasteiger partial charge in [-0.3, -0.25) is 0 Å². The molecule has 1 aliphatic rings. The van der Waals surface area contributed by atoms with E-state index in [2.05, 4.69) is 12.2 Å². The standard InChI is InChI=1S/C11H23NO/c1-2-11(9-13)12-8-10-6-4-3-5-7-10/h10-13H,2-9H2,1H3/t11-/m0/s1. The molecule has 0 aromatic heterocycles. The van der Waals surface area contributed by atoms with Gasteiger partial charge < -0.3 is 10.4 Å². The monoisotopic (exact) mass is 185 g/mol. The van der Waals surface area contributed by atoms with Crippen molar-refractivity contribution in [2.24, 2.45) is 5.92 Å². The Balaban J connectivity index is 2.09. The van der Waals surface area contributed by atoms with Crippen LogP contribution < -0.4 is 5.32 Å². The first kappa shape index (κ1) is 11.0. The van der Waals surface area contributed by atoms with Crippen molar-refractivity contribution in [1.82, 2.24) is 5.32 Å². The molecule has 1 aliphatic carbocycles. The zero-order chi connectivity index (χ0) is 9.52. The van der Waals surface area contributed by atoms with E-state index in [1.165, 1.54) is 32.1 Å². The van der Waals surface area contributed by atoms with Gasteiger partial charge in [0, 0.05) is 6.04 Å². The molecular formula is C11H23NO. The summed E-state index contributed by atoms with van der Waals surface area (Å²) in [6, 6.07) is 0.321. The Morgan fingerprint density at radius 2 is 2.00 bits per heavy atom. The van der Waals surface area contributed by atoms with E-state index in [1.807, 2.05) is 0 Å². The third-order valence-electron chi connectivity index (χ3n) is 3.13. The zero-order valence-electron chi connectivity index (χ0n) is 8.76. The largest absolute Gasteiger partial charge is 0.395 e. The van der Waals surface area contributed by atoms with E-state index in [4.69, 9.17) is 5.11 Å². The second-order valence-electron chi connectivity index (χ2n) is 4.20. The first-order valence-electron chi connectivity index (χ1n) is 5.71. The summed E-state index contributed by atoms with van der Waals surface area (Å²) in [5.74, 6) is 0.870. The van der Waals surface area contributed by atoms with Crippen LogP contribution in [0.2, 0.25) is 0 Å². The van der Waals surface area contributed by atoms with Gasteiger partial charge in [-0.15, -0.1) is 0 Å². The van der Waals surface area contributed by atoms with Crippen molar-refractivity contribution >= 4 is 0 Å². The van der Waals surface area contributed by atoms with Crippen molar-refractivity contribution < 1.29 is 5.11 Å². The second-order valence-corrected chi connectivity index (χ2v) is 4.20. The average molecular weight is 185 g/mol. The highest BCUT2D eigenvalue weighted by molar-refractivity contribution is 4.71. The third kappa shape index (κ3) is 4.10. The van der Waals surface area contributed by atoms with Crippen LogP contribution in [-0.2, 0) is 0 Å². The molecule has 1 rings (SSSR count). The van der Waals surface area contributed by atoms with Gasteiger partial charge in [0.05, 0.1) is 6.61 Å². The molecule has 13 heavy (non-hydrogen) atoms. The smallest absolute Gasteiger partial charge is 0.0584 e. The number of aliphatic hydroxyl groups is 1. The van der Waals surface area contributed by atoms with Gasteiger partial charge in [0.1, 0.15) is 0 Å². The summed E-state index contributed by atoms with van der Waals surface area (Å²) in [5, 5.41) is 12.4. The van der Waals surface area contributed by atoms with Crippen LogP contribution in [0.1, 0.15) is 45.4 Å². The van der Waals surface area contributed by atoms with E-state index in [0.29, 0.717) is 6.04 Å². The molecule has 0 heterocycles. The van der Waals surface area contributed by atoms with Gasteiger partial charge in [-0.2, -0.15) is 0 Å². The van der Waals surface area contributed by atoms with Crippen molar-refractivity contribution in [1.29, 1.82) is 0 Å². The highest BCUT2D eigenvalue weighted by Crippen LogP contribution is 2.22. The predicted octanol–water partition coefficient (Wildman–Crippen LogP) is 1.93. The lowest BCUT2D eigenvalue weighted by Gasteiger charge is -2.24. The van der Waals surface area contributed by atoms with Gasteiger partial charge in [-0.05, 0) is 31.7 Å². The van der Waals surface area contributed by atoms with Crippen LogP contribution in [0.25, 0.3) is 0 Å². The molecule has 0 unspecified atom stereocenters. The van der Waals surface area contributed by atoms with Gasteiger partial charge in [0.15, 0.2) is 0 Å². The van der Waals surface area contributed by atoms with Crippen LogP contribution in [0.5, 0.6) is 0 Å². The Morgan fingerprint density at radius 3 is 2.54 bits per heavy atom. The Morgan fingerprint density at radius 1 is 1.31 bits per heavy atom. The Kier molecular flexibility index (Phi) is 5.40. The van der Waals surface area contributed by atoms with Gasteiger partial charge in [-0.25, -0.2) is 0 Å². The normalized spacial score (nSPS) is 21.7. The molecule has 2 nitrogen and oxygen atoms in total. The molecule has 0 radical (unpaired) electrons. The molecule has 1 fully saturated rings. The predicted molar refractivity (Wildman–Crippen MR) is 55.7 cm³/mol. The van der Waals surface area contributed by atoms with E-state index in [-0.39, 0.29) is 6.61 Å². The van der Waals surface area contributed by atoms with Crippen LogP contribution in [0, 0.1) is 5.92 Å². The van der Waals surface area contributed by atoms with Crippen molar-refractivity contribution in [3.05, 3.63) is 0 Å². The van der Waals surface area contributed by atoms with Crippen molar-refractivity contribution in [3.63, 3.8) is 0 Å². The lowest BCUT2D eigenvalue weighted by atomic mass is 9.89. The van der Waals surface area contributed by atoms with Gasteiger partial charge in [0.2, 0.25) is 0 Å². The molecular weight excluding hydrogens is 162 g/mol. The minimum Gasteiger partial charge on any atom is -0.395 e. The summed E-state index contributed by atoms with van der Waals surface area (Å²) in [6.45, 7) is 3.51. The summed E-state index contributed by atoms with van der Waals surface area (Å²) >= 11 is 0. The minimum atomic E-state index is 0.281. The fraction of sp³-hybridized carbons (Fsp3) is 1.00. The molecule has 78 valence electrons. The zero-order valence-corrected chi connectivity index (χ0v) is 8.76. The first-order chi connectivity index (χ1) is 6.36. The molecule has 0 aromatic rings. The van der Waals surface area contributed by atoms with Crippen molar-refractivity contribution in [2.45, 2.75) is 51.5 Å². The lowest BCUT2D eigenvalue weighted by molar-refractivity contribution is 0.226. The highest BCUT2D eigenvalue weighted by Gasteiger charge is 2.14. The van der Waals surface area contributed by atoms with Gasteiger partial charge in [0.25, 0.3) is 0 Å². The maximum absolute atomic E-state index is 8.99. The average Bonchev–Trinajstić information content (AvgIpc) is 2.21. The number of aliphatic hydroxyl groups excluding tert-OH is 1. The molecule has 0 aliphatic heterocycles. The van der Waals surface area contributed by atoms with Gasteiger partial charge in [-0.1, -0.05) is 26.2 Å². The van der Waals surface area contributed by atoms with Crippen molar-refractivity contribution in [2.75, 3.05) is 13.2 Å². The molecule has 1 saturated carbocycles. The topological polar surface area (TPSA) is 32.3 Å². The fourth-order valence-electron chi connectivity index (χ4n) is 2.06. The maximum atomic E-state index is 8.99. The van der Waals surface area contributed by atoms with E-state index >= 15 is 0 Å². The first-order valence-corrected chi connectivity index (χ1v) is 5.71. The Labute approximate surface area is 81.7 Å². The molecule has 2 heteroatoms. The maximum Gasteiger partial charge on any atom is 0.0584 e. The van der Waals surface area contributed by atoms with Crippen LogP contribution in [0.3, 0.4) is 0 Å². The number of hydrogen-bond donors (Lipinski definition) is 2. The van der Waals surface area contributed by atoms with Gasteiger partial charge >= 0.3 is 0 Å². The molecule has 0 spiro atoms. The number of rotatable bonds is 5. The molecule has 0 saturated heterocycles. The lowest BCUT2D eigenvalue weighted by Crippen LogP contribution is -2.36. The van der Waals surface area contributed by atoms with E-state index < -0.39 is 0 Å². The summed E-state index contributed by atoms with van der Waals surface area (Å²) in [6.07, 6.45) is 8.03. The highest BCUT2D eigenvalue weighted by atomic mass is 16.3.